The van der Waals surface area contributed by atoms with E-state index < -0.39 is 0 Å². The highest BCUT2D eigenvalue weighted by molar-refractivity contribution is 5.83. The van der Waals surface area contributed by atoms with Gasteiger partial charge in [0, 0.05) is 6.07 Å². The Labute approximate surface area is 91.4 Å². The monoisotopic (exact) mass is 218 g/mol. The first-order valence-corrected chi connectivity index (χ1v) is 5.10. The second kappa shape index (κ2) is 3.64. The molecule has 2 heterocycles. The van der Waals surface area contributed by atoms with E-state index in [9.17, 15) is 4.79 Å². The zero-order valence-corrected chi connectivity index (χ0v) is 8.51. The summed E-state index contributed by atoms with van der Waals surface area (Å²) in [5.74, 6) is 0.719. The molecule has 0 N–H and O–H groups in total. The van der Waals surface area contributed by atoms with E-state index in [1.54, 1.807) is 18.2 Å². The first-order chi connectivity index (χ1) is 7.83. The predicted octanol–water partition coefficient (Wildman–Crippen LogP) is 1.57. The number of benzene rings is 1. The van der Waals surface area contributed by atoms with Crippen LogP contribution in [0.15, 0.2) is 39.5 Å². The van der Waals surface area contributed by atoms with E-state index in [0.717, 1.165) is 17.7 Å². The van der Waals surface area contributed by atoms with Gasteiger partial charge in [-0.15, -0.1) is 0 Å². The minimum Gasteiger partial charge on any atom is -0.490 e. The van der Waals surface area contributed by atoms with E-state index in [0.29, 0.717) is 12.2 Å². The first kappa shape index (κ1) is 9.42. The molecule has 1 aromatic carbocycles. The molecule has 3 rings (SSSR count). The third-order valence-electron chi connectivity index (χ3n) is 2.45. The molecule has 1 unspecified atom stereocenters. The topological polar surface area (TPSA) is 52.0 Å². The van der Waals surface area contributed by atoms with Crippen LogP contribution in [0.4, 0.5) is 0 Å². The first-order valence-electron chi connectivity index (χ1n) is 5.10. The molecule has 0 spiro atoms. The van der Waals surface area contributed by atoms with E-state index in [1.807, 2.05) is 6.07 Å². The Kier molecular flexibility index (Phi) is 2.15. The van der Waals surface area contributed by atoms with Crippen LogP contribution in [-0.2, 0) is 4.74 Å². The average molecular weight is 218 g/mol. The van der Waals surface area contributed by atoms with Gasteiger partial charge in [0.1, 0.15) is 24.0 Å². The van der Waals surface area contributed by atoms with Crippen LogP contribution >= 0.6 is 0 Å². The fraction of sp³-hybridized carbons (Fsp3) is 0.250. The van der Waals surface area contributed by atoms with Gasteiger partial charge in [0.25, 0.3) is 0 Å². The summed E-state index contributed by atoms with van der Waals surface area (Å²) in [6, 6.07) is 8.50. The fourth-order valence-electron chi connectivity index (χ4n) is 1.54. The lowest BCUT2D eigenvalue weighted by Gasteiger charge is -2.06. The van der Waals surface area contributed by atoms with Crippen molar-refractivity contribution < 1.29 is 13.9 Å². The van der Waals surface area contributed by atoms with Gasteiger partial charge >= 0.3 is 5.63 Å². The maximum Gasteiger partial charge on any atom is 0.336 e. The zero-order chi connectivity index (χ0) is 11.0. The Morgan fingerprint density at radius 2 is 2.19 bits per heavy atom. The molecule has 1 saturated heterocycles. The summed E-state index contributed by atoms with van der Waals surface area (Å²) in [5, 5.41) is 0.808. The second-order valence-corrected chi connectivity index (χ2v) is 3.69. The molecule has 0 amide bonds. The van der Waals surface area contributed by atoms with Crippen molar-refractivity contribution in [2.45, 2.75) is 6.10 Å². The molecular weight excluding hydrogens is 208 g/mol. The Balaban J connectivity index is 1.98. The molecule has 1 aromatic heterocycles. The van der Waals surface area contributed by atoms with Crippen molar-refractivity contribution in [2.75, 3.05) is 13.2 Å². The molecule has 0 bridgehead atoms. The van der Waals surface area contributed by atoms with Gasteiger partial charge in [-0.05, 0) is 18.2 Å². The van der Waals surface area contributed by atoms with Gasteiger partial charge in [-0.3, -0.25) is 0 Å². The minimum atomic E-state index is -0.352. The molecule has 1 fully saturated rings. The van der Waals surface area contributed by atoms with E-state index in [4.69, 9.17) is 13.9 Å². The standard InChI is InChI=1S/C12H10O4/c13-12-5-4-9-10(15-7-8-6-14-8)2-1-3-11(9)16-12/h1-5,8H,6-7H2. The summed E-state index contributed by atoms with van der Waals surface area (Å²) in [6.45, 7) is 1.30. The molecular formula is C12H10O4. The second-order valence-electron chi connectivity index (χ2n) is 3.69. The molecule has 0 radical (unpaired) electrons. The van der Waals surface area contributed by atoms with Gasteiger partial charge in [0.05, 0.1) is 12.0 Å². The number of ether oxygens (including phenoxy) is 2. The van der Waals surface area contributed by atoms with Crippen LogP contribution in [0.3, 0.4) is 0 Å². The summed E-state index contributed by atoms with van der Waals surface area (Å²) in [5.41, 5.74) is 0.192. The minimum absolute atomic E-state index is 0.214. The summed E-state index contributed by atoms with van der Waals surface area (Å²) >= 11 is 0. The maximum absolute atomic E-state index is 11.0. The molecule has 1 atom stereocenters. The van der Waals surface area contributed by atoms with Crippen molar-refractivity contribution in [3.05, 3.63) is 40.8 Å². The molecule has 1 aliphatic heterocycles. The van der Waals surface area contributed by atoms with E-state index in [1.165, 1.54) is 6.07 Å². The molecule has 1 aliphatic rings. The van der Waals surface area contributed by atoms with Crippen molar-refractivity contribution in [1.29, 1.82) is 0 Å². The van der Waals surface area contributed by atoms with Crippen molar-refractivity contribution >= 4 is 11.0 Å². The van der Waals surface area contributed by atoms with E-state index >= 15 is 0 Å². The molecule has 4 nitrogen and oxygen atoms in total. The normalized spacial score (nSPS) is 18.6. The lowest BCUT2D eigenvalue weighted by atomic mass is 10.2. The smallest absolute Gasteiger partial charge is 0.336 e. The Hall–Kier alpha value is -1.81. The third kappa shape index (κ3) is 1.79. The zero-order valence-electron chi connectivity index (χ0n) is 8.51. The van der Waals surface area contributed by atoms with Crippen molar-refractivity contribution in [3.8, 4) is 5.75 Å². The van der Waals surface area contributed by atoms with Crippen LogP contribution in [0.5, 0.6) is 5.75 Å². The van der Waals surface area contributed by atoms with Gasteiger partial charge in [-0.1, -0.05) is 6.07 Å². The summed E-state index contributed by atoms with van der Waals surface area (Å²) in [4.78, 5) is 11.0. The average Bonchev–Trinajstić information content (AvgIpc) is 3.09. The quantitative estimate of drug-likeness (QED) is 0.579. The van der Waals surface area contributed by atoms with Crippen LogP contribution in [-0.4, -0.2) is 19.3 Å². The fourth-order valence-corrected chi connectivity index (χ4v) is 1.54. The molecule has 2 aromatic rings. The third-order valence-corrected chi connectivity index (χ3v) is 2.45. The molecule has 0 saturated carbocycles. The number of hydrogen-bond acceptors (Lipinski definition) is 4. The Morgan fingerprint density at radius 3 is 3.00 bits per heavy atom. The van der Waals surface area contributed by atoms with Gasteiger partial charge < -0.3 is 13.9 Å². The van der Waals surface area contributed by atoms with Gasteiger partial charge in [-0.25, -0.2) is 4.79 Å². The highest BCUT2D eigenvalue weighted by atomic mass is 16.6. The number of rotatable bonds is 3. The van der Waals surface area contributed by atoms with Crippen molar-refractivity contribution in [2.24, 2.45) is 0 Å². The highest BCUT2D eigenvalue weighted by Gasteiger charge is 2.23. The van der Waals surface area contributed by atoms with Crippen LogP contribution < -0.4 is 10.4 Å². The van der Waals surface area contributed by atoms with E-state index in [-0.39, 0.29) is 11.7 Å². The van der Waals surface area contributed by atoms with Crippen LogP contribution in [0.1, 0.15) is 0 Å². The molecule has 4 heteroatoms. The van der Waals surface area contributed by atoms with Gasteiger partial charge in [-0.2, -0.15) is 0 Å². The van der Waals surface area contributed by atoms with Crippen LogP contribution in [0.25, 0.3) is 11.0 Å². The van der Waals surface area contributed by atoms with Gasteiger partial charge in [0.2, 0.25) is 0 Å². The van der Waals surface area contributed by atoms with Crippen molar-refractivity contribution in [1.82, 2.24) is 0 Å². The predicted molar refractivity (Wildman–Crippen MR) is 57.7 cm³/mol. The summed E-state index contributed by atoms with van der Waals surface area (Å²) in [7, 11) is 0. The van der Waals surface area contributed by atoms with Crippen molar-refractivity contribution in [3.63, 3.8) is 0 Å². The number of epoxide rings is 1. The molecule has 0 aliphatic carbocycles. The lowest BCUT2D eigenvalue weighted by Crippen LogP contribution is -2.04. The maximum atomic E-state index is 11.0. The highest BCUT2D eigenvalue weighted by Crippen LogP contribution is 2.25. The number of hydrogen-bond donors (Lipinski definition) is 0. The van der Waals surface area contributed by atoms with Crippen LogP contribution in [0, 0.1) is 0 Å². The number of fused-ring (bicyclic) bond motifs is 1. The summed E-state index contributed by atoms with van der Waals surface area (Å²) in [6.07, 6.45) is 0.214. The van der Waals surface area contributed by atoms with Crippen LogP contribution in [0.2, 0.25) is 0 Å². The Bertz CT molecular complexity index is 568. The van der Waals surface area contributed by atoms with E-state index in [2.05, 4.69) is 0 Å². The van der Waals surface area contributed by atoms with Gasteiger partial charge in [0.15, 0.2) is 0 Å². The summed E-state index contributed by atoms with van der Waals surface area (Å²) < 4.78 is 15.7. The molecule has 82 valence electrons. The molecule has 16 heavy (non-hydrogen) atoms. The Morgan fingerprint density at radius 1 is 1.31 bits per heavy atom. The lowest BCUT2D eigenvalue weighted by molar-refractivity contribution is 0.265. The largest absolute Gasteiger partial charge is 0.490 e. The SMILES string of the molecule is O=c1ccc2c(OCC3CO3)cccc2o1.